The summed E-state index contributed by atoms with van der Waals surface area (Å²) >= 11 is 0. The summed E-state index contributed by atoms with van der Waals surface area (Å²) in [4.78, 5) is 12.8. The molecule has 1 heterocycles. The predicted molar refractivity (Wildman–Crippen MR) is 193 cm³/mol. The molecule has 0 aromatic rings. The minimum Gasteiger partial charge on any atom is -0.394 e. The molecule has 9 heteroatoms. The number of ether oxygens (including phenoxy) is 2. The lowest BCUT2D eigenvalue weighted by atomic mass is 9.99. The molecule has 1 fully saturated rings. The summed E-state index contributed by atoms with van der Waals surface area (Å²) in [6.45, 7) is 3.57. The van der Waals surface area contributed by atoms with Crippen LogP contribution in [0.3, 0.4) is 0 Å². The first-order valence-electron chi connectivity index (χ1n) is 18.9. The Morgan fingerprint density at radius 3 is 1.92 bits per heavy atom. The van der Waals surface area contributed by atoms with Crippen molar-refractivity contribution in [3.05, 3.63) is 48.6 Å². The van der Waals surface area contributed by atoms with Crippen LogP contribution in [0, 0.1) is 0 Å². The Balaban J connectivity index is 2.41. The number of allylic oxidation sites excluding steroid dienone is 7. The lowest BCUT2D eigenvalue weighted by Crippen LogP contribution is -2.60. The molecule has 0 spiro atoms. The number of carbonyl (C=O) groups is 1. The fourth-order valence-corrected chi connectivity index (χ4v) is 5.58. The maximum Gasteiger partial charge on any atom is 0.220 e. The molecule has 48 heavy (non-hydrogen) atoms. The number of hydrogen-bond acceptors (Lipinski definition) is 8. The average Bonchev–Trinajstić information content (AvgIpc) is 3.08. The molecule has 0 bridgehead atoms. The number of amides is 1. The maximum absolute atomic E-state index is 12.8. The molecule has 0 radical (unpaired) electrons. The van der Waals surface area contributed by atoms with Crippen molar-refractivity contribution in [1.82, 2.24) is 5.32 Å². The van der Waals surface area contributed by atoms with Crippen LogP contribution in [0.15, 0.2) is 48.6 Å². The minimum absolute atomic E-state index is 0.195. The second-order valence-electron chi connectivity index (χ2n) is 13.0. The molecule has 9 nitrogen and oxygen atoms in total. The Labute approximate surface area is 291 Å². The molecule has 1 aliphatic heterocycles. The fraction of sp³-hybridized carbons (Fsp3) is 0.769. The monoisotopic (exact) mass is 680 g/mol. The van der Waals surface area contributed by atoms with E-state index in [4.69, 9.17) is 9.47 Å². The van der Waals surface area contributed by atoms with Crippen LogP contribution in [0.25, 0.3) is 0 Å². The molecular weight excluding hydrogens is 610 g/mol. The van der Waals surface area contributed by atoms with Crippen molar-refractivity contribution in [3.8, 4) is 0 Å². The quantitative estimate of drug-likeness (QED) is 0.0397. The molecule has 7 unspecified atom stereocenters. The van der Waals surface area contributed by atoms with Gasteiger partial charge in [-0.15, -0.1) is 0 Å². The highest BCUT2D eigenvalue weighted by Gasteiger charge is 2.44. The molecule has 0 aromatic heterocycles. The second kappa shape index (κ2) is 30.0. The van der Waals surface area contributed by atoms with Gasteiger partial charge in [-0.3, -0.25) is 4.79 Å². The van der Waals surface area contributed by atoms with E-state index in [2.05, 4.69) is 55.6 Å². The van der Waals surface area contributed by atoms with Crippen LogP contribution in [-0.4, -0.2) is 87.5 Å². The lowest BCUT2D eigenvalue weighted by Gasteiger charge is -2.40. The third kappa shape index (κ3) is 21.3. The number of rotatable bonds is 29. The Kier molecular flexibility index (Phi) is 27.6. The van der Waals surface area contributed by atoms with Gasteiger partial charge >= 0.3 is 0 Å². The van der Waals surface area contributed by atoms with E-state index in [1.807, 2.05) is 6.08 Å². The summed E-state index contributed by atoms with van der Waals surface area (Å²) in [5.41, 5.74) is 0. The number of unbranched alkanes of at least 4 members (excludes halogenated alkanes) is 13. The van der Waals surface area contributed by atoms with Crippen LogP contribution < -0.4 is 5.32 Å². The number of hydrogen-bond donors (Lipinski definition) is 6. The maximum atomic E-state index is 12.8. The van der Waals surface area contributed by atoms with Crippen molar-refractivity contribution in [2.45, 2.75) is 179 Å². The van der Waals surface area contributed by atoms with E-state index in [0.29, 0.717) is 6.42 Å². The third-order valence-electron chi connectivity index (χ3n) is 8.66. The lowest BCUT2D eigenvalue weighted by molar-refractivity contribution is -0.302. The Morgan fingerprint density at radius 1 is 0.729 bits per heavy atom. The molecule has 0 saturated carbocycles. The van der Waals surface area contributed by atoms with Crippen LogP contribution in [0.5, 0.6) is 0 Å². The van der Waals surface area contributed by atoms with E-state index in [9.17, 15) is 30.3 Å². The van der Waals surface area contributed by atoms with E-state index in [1.54, 1.807) is 6.08 Å². The highest BCUT2D eigenvalue weighted by atomic mass is 16.7. The normalized spacial score (nSPS) is 23.2. The molecule has 1 amide bonds. The van der Waals surface area contributed by atoms with Gasteiger partial charge in [-0.1, -0.05) is 127 Å². The Hall–Kier alpha value is -1.85. The average molecular weight is 680 g/mol. The molecule has 1 saturated heterocycles. The van der Waals surface area contributed by atoms with E-state index in [-0.39, 0.29) is 12.5 Å². The number of carbonyl (C=O) groups excluding carboxylic acids is 1. The fourth-order valence-electron chi connectivity index (χ4n) is 5.58. The first kappa shape index (κ1) is 44.2. The van der Waals surface area contributed by atoms with Gasteiger partial charge in [0.1, 0.15) is 24.4 Å². The largest absolute Gasteiger partial charge is 0.394 e. The highest BCUT2D eigenvalue weighted by Crippen LogP contribution is 2.22. The molecule has 7 atom stereocenters. The highest BCUT2D eigenvalue weighted by molar-refractivity contribution is 5.76. The van der Waals surface area contributed by atoms with Gasteiger partial charge in [-0.2, -0.15) is 0 Å². The van der Waals surface area contributed by atoms with Gasteiger partial charge in [0.2, 0.25) is 5.91 Å². The number of aliphatic hydroxyl groups is 5. The Morgan fingerprint density at radius 2 is 1.29 bits per heavy atom. The zero-order valence-electron chi connectivity index (χ0n) is 30.0. The molecule has 0 aliphatic carbocycles. The van der Waals surface area contributed by atoms with Gasteiger partial charge in [0.05, 0.1) is 25.4 Å². The molecule has 278 valence electrons. The minimum atomic E-state index is -1.57. The van der Waals surface area contributed by atoms with Crippen molar-refractivity contribution in [1.29, 1.82) is 0 Å². The van der Waals surface area contributed by atoms with E-state index >= 15 is 0 Å². The van der Waals surface area contributed by atoms with Crippen molar-refractivity contribution in [2.75, 3.05) is 13.2 Å². The summed E-state index contributed by atoms with van der Waals surface area (Å²) in [5, 5.41) is 53.7. The van der Waals surface area contributed by atoms with Crippen molar-refractivity contribution < 1.29 is 39.8 Å². The van der Waals surface area contributed by atoms with Gasteiger partial charge in [0.15, 0.2) is 6.29 Å². The third-order valence-corrected chi connectivity index (χ3v) is 8.66. The van der Waals surface area contributed by atoms with Crippen molar-refractivity contribution >= 4 is 5.91 Å². The van der Waals surface area contributed by atoms with Gasteiger partial charge < -0.3 is 40.3 Å². The van der Waals surface area contributed by atoms with Gasteiger partial charge in [-0.25, -0.2) is 0 Å². The van der Waals surface area contributed by atoms with Gasteiger partial charge in [-0.05, 0) is 51.4 Å². The van der Waals surface area contributed by atoms with Crippen LogP contribution in [-0.2, 0) is 14.3 Å². The summed E-state index contributed by atoms with van der Waals surface area (Å²) < 4.78 is 11.1. The first-order valence-corrected chi connectivity index (χ1v) is 18.9. The van der Waals surface area contributed by atoms with E-state index < -0.39 is 49.5 Å². The van der Waals surface area contributed by atoms with E-state index in [0.717, 1.165) is 70.6 Å². The summed E-state index contributed by atoms with van der Waals surface area (Å²) in [6, 6.07) is -0.807. The SMILES string of the molecule is CC/C=C\C/C=C\C/C=C\CCCCCCCCCC(=O)NC(COC1OC(CO)C(O)C(O)C1O)C(O)/C=C/CCCCCCCC. The topological polar surface area (TPSA) is 149 Å². The summed E-state index contributed by atoms with van der Waals surface area (Å²) in [5.74, 6) is -0.195. The predicted octanol–water partition coefficient (Wildman–Crippen LogP) is 6.33. The van der Waals surface area contributed by atoms with E-state index in [1.165, 1.54) is 44.9 Å². The van der Waals surface area contributed by atoms with Crippen LogP contribution >= 0.6 is 0 Å². The number of nitrogens with one attached hydrogen (secondary N) is 1. The zero-order valence-corrected chi connectivity index (χ0v) is 30.0. The molecular formula is C39H69NO8. The zero-order chi connectivity index (χ0) is 35.2. The van der Waals surface area contributed by atoms with Crippen molar-refractivity contribution in [3.63, 3.8) is 0 Å². The van der Waals surface area contributed by atoms with Crippen LogP contribution in [0.1, 0.15) is 136 Å². The van der Waals surface area contributed by atoms with Gasteiger partial charge in [0.25, 0.3) is 0 Å². The first-order chi connectivity index (χ1) is 23.3. The Bertz CT molecular complexity index is 889. The molecule has 1 aliphatic rings. The molecule has 1 rings (SSSR count). The number of aliphatic hydroxyl groups excluding tert-OH is 5. The smallest absolute Gasteiger partial charge is 0.220 e. The van der Waals surface area contributed by atoms with Crippen LogP contribution in [0.4, 0.5) is 0 Å². The van der Waals surface area contributed by atoms with Gasteiger partial charge in [0, 0.05) is 6.42 Å². The summed E-state index contributed by atoms with van der Waals surface area (Å²) in [6.07, 6.45) is 28.8. The standard InChI is InChI=1S/C39H69NO8/c1-3-5-7-9-11-13-14-15-16-17-18-19-20-21-23-25-27-29-35(43)40-32(33(42)28-26-24-22-12-10-8-6-4-2)31-47-39-38(46)37(45)36(44)34(30-41)48-39/h5,7,11,13,15-16,26,28,32-34,36-39,41-42,44-46H,3-4,6,8-10,12,14,17-25,27,29-31H2,1-2H3,(H,40,43)/b7-5-,13-11-,16-15-,28-26+. The molecule has 0 aromatic carbocycles. The molecule has 6 N–H and O–H groups in total. The van der Waals surface area contributed by atoms with Crippen molar-refractivity contribution in [2.24, 2.45) is 0 Å². The second-order valence-corrected chi connectivity index (χ2v) is 13.0. The summed E-state index contributed by atoms with van der Waals surface area (Å²) in [7, 11) is 0. The van der Waals surface area contributed by atoms with Crippen LogP contribution in [0.2, 0.25) is 0 Å².